The maximum atomic E-state index is 13.7. The number of nitrogens with zero attached hydrogens (tertiary/aromatic N) is 1. The van der Waals surface area contributed by atoms with Crippen molar-refractivity contribution in [3.8, 4) is 5.75 Å². The second-order valence-electron chi connectivity index (χ2n) is 5.91. The molecule has 132 valence electrons. The third-order valence-electron chi connectivity index (χ3n) is 4.28. The molecular formula is C19H21F2N3O. The van der Waals surface area contributed by atoms with Gasteiger partial charge in [0.15, 0.2) is 5.96 Å². The van der Waals surface area contributed by atoms with Crippen LogP contribution in [0.3, 0.4) is 0 Å². The van der Waals surface area contributed by atoms with Gasteiger partial charge in [-0.3, -0.25) is 4.99 Å². The summed E-state index contributed by atoms with van der Waals surface area (Å²) < 4.78 is 32.6. The van der Waals surface area contributed by atoms with E-state index < -0.39 is 11.6 Å². The minimum absolute atomic E-state index is 0.160. The van der Waals surface area contributed by atoms with E-state index in [-0.39, 0.29) is 12.1 Å². The van der Waals surface area contributed by atoms with Crippen molar-refractivity contribution in [2.45, 2.75) is 18.9 Å². The van der Waals surface area contributed by atoms with Gasteiger partial charge in [-0.05, 0) is 36.2 Å². The Morgan fingerprint density at radius 1 is 1.20 bits per heavy atom. The Morgan fingerprint density at radius 2 is 2.04 bits per heavy atom. The van der Waals surface area contributed by atoms with Gasteiger partial charge in [0.25, 0.3) is 0 Å². The minimum Gasteiger partial charge on any atom is -0.493 e. The molecular weight excluding hydrogens is 324 g/mol. The lowest BCUT2D eigenvalue weighted by atomic mass is 9.93. The lowest BCUT2D eigenvalue weighted by Gasteiger charge is -2.26. The van der Waals surface area contributed by atoms with Crippen molar-refractivity contribution >= 4 is 5.96 Å². The lowest BCUT2D eigenvalue weighted by molar-refractivity contribution is 0.267. The van der Waals surface area contributed by atoms with Gasteiger partial charge in [0.1, 0.15) is 17.4 Å². The number of hydrogen-bond acceptors (Lipinski definition) is 2. The summed E-state index contributed by atoms with van der Waals surface area (Å²) in [6.45, 7) is 1.53. The largest absolute Gasteiger partial charge is 0.493 e. The van der Waals surface area contributed by atoms with Gasteiger partial charge < -0.3 is 15.4 Å². The molecule has 2 aromatic rings. The van der Waals surface area contributed by atoms with Crippen LogP contribution >= 0.6 is 0 Å². The highest BCUT2D eigenvalue weighted by atomic mass is 19.1. The Morgan fingerprint density at radius 3 is 2.88 bits per heavy atom. The minimum atomic E-state index is -0.458. The first kappa shape index (κ1) is 17.2. The standard InChI is InChI=1S/C19H21F2N3O/c1-22-19(24-12-14-10-15(20)6-7-17(14)21)23-11-13-8-9-25-18-5-3-2-4-16(13)18/h2-7,10,13H,8-9,11-12H2,1H3,(H2,22,23,24). The summed E-state index contributed by atoms with van der Waals surface area (Å²) >= 11 is 0. The number of fused-ring (bicyclic) bond motifs is 1. The maximum Gasteiger partial charge on any atom is 0.191 e. The van der Waals surface area contributed by atoms with Crippen LogP contribution in [0.1, 0.15) is 23.5 Å². The van der Waals surface area contributed by atoms with Crippen LogP contribution in [0.2, 0.25) is 0 Å². The smallest absolute Gasteiger partial charge is 0.191 e. The van der Waals surface area contributed by atoms with Crippen LogP contribution in [0.5, 0.6) is 5.75 Å². The van der Waals surface area contributed by atoms with E-state index in [9.17, 15) is 8.78 Å². The summed E-state index contributed by atoms with van der Waals surface area (Å²) in [4.78, 5) is 4.14. The topological polar surface area (TPSA) is 45.7 Å². The van der Waals surface area contributed by atoms with E-state index in [0.29, 0.717) is 25.0 Å². The zero-order valence-electron chi connectivity index (χ0n) is 14.1. The molecule has 25 heavy (non-hydrogen) atoms. The Kier molecular flexibility index (Phi) is 5.48. The summed E-state index contributed by atoms with van der Waals surface area (Å²) in [6, 6.07) is 11.4. The number of halogens is 2. The average molecular weight is 345 g/mol. The summed E-state index contributed by atoms with van der Waals surface area (Å²) in [5.74, 6) is 0.884. The first-order valence-electron chi connectivity index (χ1n) is 8.27. The predicted octanol–water partition coefficient (Wildman–Crippen LogP) is 3.20. The number of aliphatic imine (C=N–C) groups is 1. The van der Waals surface area contributed by atoms with Crippen molar-refractivity contribution < 1.29 is 13.5 Å². The van der Waals surface area contributed by atoms with Crippen LogP contribution in [-0.2, 0) is 6.54 Å². The van der Waals surface area contributed by atoms with Gasteiger partial charge in [0, 0.05) is 31.6 Å². The average Bonchev–Trinajstić information content (AvgIpc) is 2.64. The van der Waals surface area contributed by atoms with Crippen LogP contribution in [0.25, 0.3) is 0 Å². The third-order valence-corrected chi connectivity index (χ3v) is 4.28. The molecule has 1 aliphatic rings. The Bertz CT molecular complexity index is 764. The van der Waals surface area contributed by atoms with Crippen molar-refractivity contribution in [1.29, 1.82) is 0 Å². The van der Waals surface area contributed by atoms with Crippen molar-refractivity contribution in [3.05, 3.63) is 65.2 Å². The lowest BCUT2D eigenvalue weighted by Crippen LogP contribution is -2.39. The first-order valence-corrected chi connectivity index (χ1v) is 8.27. The quantitative estimate of drug-likeness (QED) is 0.661. The summed E-state index contributed by atoms with van der Waals surface area (Å²) in [5, 5.41) is 6.27. The van der Waals surface area contributed by atoms with Crippen LogP contribution in [0, 0.1) is 11.6 Å². The highest BCUT2D eigenvalue weighted by molar-refractivity contribution is 5.79. The van der Waals surface area contributed by atoms with Crippen molar-refractivity contribution in [2.75, 3.05) is 20.2 Å². The van der Waals surface area contributed by atoms with Gasteiger partial charge in [-0.25, -0.2) is 8.78 Å². The molecule has 0 aliphatic carbocycles. The highest BCUT2D eigenvalue weighted by Crippen LogP contribution is 2.32. The second-order valence-corrected chi connectivity index (χ2v) is 5.91. The summed E-state index contributed by atoms with van der Waals surface area (Å²) in [7, 11) is 1.65. The molecule has 0 bridgehead atoms. The fourth-order valence-corrected chi connectivity index (χ4v) is 2.93. The Labute approximate surface area is 145 Å². The number of ether oxygens (including phenoxy) is 1. The summed E-state index contributed by atoms with van der Waals surface area (Å²) in [5.41, 5.74) is 1.44. The molecule has 2 N–H and O–H groups in total. The molecule has 0 amide bonds. The van der Waals surface area contributed by atoms with Gasteiger partial charge in [0.05, 0.1) is 6.61 Å². The molecule has 1 heterocycles. The van der Waals surface area contributed by atoms with E-state index in [4.69, 9.17) is 4.74 Å². The fourth-order valence-electron chi connectivity index (χ4n) is 2.93. The summed E-state index contributed by atoms with van der Waals surface area (Å²) in [6.07, 6.45) is 0.916. The normalized spacial score (nSPS) is 16.8. The highest BCUT2D eigenvalue weighted by Gasteiger charge is 2.21. The number of guanidine groups is 1. The van der Waals surface area contributed by atoms with E-state index in [0.717, 1.165) is 24.3 Å². The first-order chi connectivity index (χ1) is 12.2. The van der Waals surface area contributed by atoms with E-state index in [2.05, 4.69) is 21.7 Å². The Balaban J connectivity index is 1.58. The molecule has 4 nitrogen and oxygen atoms in total. The second kappa shape index (κ2) is 7.96. The van der Waals surface area contributed by atoms with Crippen LogP contribution in [-0.4, -0.2) is 26.2 Å². The molecule has 0 saturated carbocycles. The van der Waals surface area contributed by atoms with E-state index in [1.54, 1.807) is 7.05 Å². The van der Waals surface area contributed by atoms with Gasteiger partial charge in [-0.2, -0.15) is 0 Å². The van der Waals surface area contributed by atoms with Gasteiger partial charge in [-0.1, -0.05) is 18.2 Å². The maximum absolute atomic E-state index is 13.7. The molecule has 0 spiro atoms. The monoisotopic (exact) mass is 345 g/mol. The predicted molar refractivity (Wildman–Crippen MR) is 93.9 cm³/mol. The zero-order chi connectivity index (χ0) is 17.6. The molecule has 0 fully saturated rings. The number of hydrogen-bond donors (Lipinski definition) is 2. The molecule has 3 rings (SSSR count). The molecule has 1 unspecified atom stereocenters. The van der Waals surface area contributed by atoms with Crippen LogP contribution < -0.4 is 15.4 Å². The fraction of sp³-hybridized carbons (Fsp3) is 0.316. The van der Waals surface area contributed by atoms with Gasteiger partial charge in [-0.15, -0.1) is 0 Å². The number of rotatable bonds is 4. The molecule has 0 aromatic heterocycles. The van der Waals surface area contributed by atoms with Crippen molar-refractivity contribution in [3.63, 3.8) is 0 Å². The molecule has 1 aliphatic heterocycles. The van der Waals surface area contributed by atoms with Crippen molar-refractivity contribution in [1.82, 2.24) is 10.6 Å². The van der Waals surface area contributed by atoms with Gasteiger partial charge in [0.2, 0.25) is 0 Å². The SMILES string of the molecule is CN=C(NCc1cc(F)ccc1F)NCC1CCOc2ccccc21. The number of nitrogens with one attached hydrogen (secondary N) is 2. The van der Waals surface area contributed by atoms with E-state index in [1.165, 1.54) is 11.6 Å². The Hall–Kier alpha value is -2.63. The van der Waals surface area contributed by atoms with Crippen LogP contribution in [0.15, 0.2) is 47.5 Å². The molecule has 0 radical (unpaired) electrons. The van der Waals surface area contributed by atoms with E-state index >= 15 is 0 Å². The van der Waals surface area contributed by atoms with E-state index in [1.807, 2.05) is 18.2 Å². The molecule has 6 heteroatoms. The van der Waals surface area contributed by atoms with Crippen LogP contribution in [0.4, 0.5) is 8.78 Å². The van der Waals surface area contributed by atoms with Crippen molar-refractivity contribution in [2.24, 2.45) is 4.99 Å². The third kappa shape index (κ3) is 4.26. The molecule has 2 aromatic carbocycles. The zero-order valence-corrected chi connectivity index (χ0v) is 14.1. The number of benzene rings is 2. The van der Waals surface area contributed by atoms with Gasteiger partial charge >= 0.3 is 0 Å². The molecule has 0 saturated heterocycles. The molecule has 1 atom stereocenters. The number of para-hydroxylation sites is 1.